The summed E-state index contributed by atoms with van der Waals surface area (Å²) in [5, 5.41) is 0. The number of benzene rings is 2. The van der Waals surface area contributed by atoms with Gasteiger partial charge in [-0.05, 0) is 45.1 Å². The Labute approximate surface area is 139 Å². The first-order valence-corrected chi connectivity index (χ1v) is 9.13. The van der Waals surface area contributed by atoms with Crippen LogP contribution in [0.3, 0.4) is 0 Å². The lowest BCUT2D eigenvalue weighted by Crippen LogP contribution is -2.41. The maximum absolute atomic E-state index is 12.4. The summed E-state index contributed by atoms with van der Waals surface area (Å²) >= 11 is 0. The molecule has 23 heavy (non-hydrogen) atoms. The number of nitrogens with zero attached hydrogens (tertiary/aromatic N) is 1. The molecule has 0 aliphatic heterocycles. The van der Waals surface area contributed by atoms with E-state index >= 15 is 0 Å². The lowest BCUT2D eigenvalue weighted by Gasteiger charge is -2.24. The summed E-state index contributed by atoms with van der Waals surface area (Å²) in [6.45, 7) is 2.31. The Morgan fingerprint density at radius 1 is 1.00 bits per heavy atom. The van der Waals surface area contributed by atoms with Crippen LogP contribution in [0.15, 0.2) is 59.5 Å². The SMILES string of the molecule is Cc1ccc(S(=O)(=O)NCC(Cc2ccccc2)N(C)C)cc1. The number of rotatable bonds is 7. The number of nitrogens with one attached hydrogen (secondary N) is 1. The van der Waals surface area contributed by atoms with E-state index in [1.54, 1.807) is 12.1 Å². The van der Waals surface area contributed by atoms with Crippen LogP contribution in [0.1, 0.15) is 11.1 Å². The predicted molar refractivity (Wildman–Crippen MR) is 94.0 cm³/mol. The third-order valence-corrected chi connectivity index (χ3v) is 5.32. The molecular weight excluding hydrogens is 308 g/mol. The van der Waals surface area contributed by atoms with Crippen LogP contribution in [-0.2, 0) is 16.4 Å². The van der Waals surface area contributed by atoms with Crippen LogP contribution in [0.2, 0.25) is 0 Å². The van der Waals surface area contributed by atoms with Gasteiger partial charge in [-0.3, -0.25) is 0 Å². The predicted octanol–water partition coefficient (Wildman–Crippen LogP) is 2.45. The van der Waals surface area contributed by atoms with Gasteiger partial charge >= 0.3 is 0 Å². The molecule has 1 atom stereocenters. The number of aryl methyl sites for hydroxylation is 1. The molecule has 0 aliphatic rings. The Kier molecular flexibility index (Phi) is 5.93. The van der Waals surface area contributed by atoms with Crippen molar-refractivity contribution in [3.63, 3.8) is 0 Å². The first-order valence-electron chi connectivity index (χ1n) is 7.65. The lowest BCUT2D eigenvalue weighted by molar-refractivity contribution is 0.291. The van der Waals surface area contributed by atoms with E-state index in [2.05, 4.69) is 16.9 Å². The van der Waals surface area contributed by atoms with E-state index in [0.717, 1.165) is 12.0 Å². The van der Waals surface area contributed by atoms with E-state index in [1.807, 2.05) is 56.3 Å². The average molecular weight is 332 g/mol. The van der Waals surface area contributed by atoms with Gasteiger partial charge in [0.1, 0.15) is 0 Å². The first-order chi connectivity index (χ1) is 10.9. The maximum atomic E-state index is 12.4. The Morgan fingerprint density at radius 2 is 1.61 bits per heavy atom. The van der Waals surface area contributed by atoms with Crippen molar-refractivity contribution in [1.29, 1.82) is 0 Å². The van der Waals surface area contributed by atoms with Gasteiger partial charge in [0.15, 0.2) is 0 Å². The van der Waals surface area contributed by atoms with Crippen molar-refractivity contribution < 1.29 is 8.42 Å². The molecule has 0 aromatic heterocycles. The molecule has 1 unspecified atom stereocenters. The van der Waals surface area contributed by atoms with Crippen LogP contribution in [0, 0.1) is 6.92 Å². The van der Waals surface area contributed by atoms with Gasteiger partial charge in [-0.15, -0.1) is 0 Å². The fourth-order valence-electron chi connectivity index (χ4n) is 2.33. The topological polar surface area (TPSA) is 49.4 Å². The molecule has 0 aliphatic carbocycles. The van der Waals surface area contributed by atoms with Gasteiger partial charge < -0.3 is 4.90 Å². The van der Waals surface area contributed by atoms with Crippen LogP contribution in [0.4, 0.5) is 0 Å². The fourth-order valence-corrected chi connectivity index (χ4v) is 3.40. The Balaban J connectivity index is 2.04. The molecule has 2 aromatic carbocycles. The largest absolute Gasteiger partial charge is 0.305 e. The van der Waals surface area contributed by atoms with E-state index < -0.39 is 10.0 Å². The molecule has 0 amide bonds. The minimum absolute atomic E-state index is 0.0950. The summed E-state index contributed by atoms with van der Waals surface area (Å²) in [6.07, 6.45) is 0.796. The van der Waals surface area contributed by atoms with E-state index in [0.29, 0.717) is 11.4 Å². The normalized spacial score (nSPS) is 13.2. The van der Waals surface area contributed by atoms with E-state index in [4.69, 9.17) is 0 Å². The highest BCUT2D eigenvalue weighted by Gasteiger charge is 2.18. The molecule has 0 fully saturated rings. The summed E-state index contributed by atoms with van der Waals surface area (Å²) in [4.78, 5) is 2.35. The molecule has 4 nitrogen and oxygen atoms in total. The second-order valence-electron chi connectivity index (χ2n) is 5.97. The average Bonchev–Trinajstić information content (AvgIpc) is 2.52. The number of hydrogen-bond donors (Lipinski definition) is 1. The smallest absolute Gasteiger partial charge is 0.240 e. The number of likely N-dealkylation sites (N-methyl/N-ethyl adjacent to an activating group) is 1. The zero-order chi connectivity index (χ0) is 16.9. The van der Waals surface area contributed by atoms with Crippen LogP contribution < -0.4 is 4.72 Å². The second-order valence-corrected chi connectivity index (χ2v) is 7.74. The molecule has 0 saturated carbocycles. The zero-order valence-corrected chi connectivity index (χ0v) is 14.7. The summed E-state index contributed by atoms with van der Waals surface area (Å²) in [7, 11) is 0.458. The van der Waals surface area contributed by atoms with Crippen LogP contribution >= 0.6 is 0 Å². The molecule has 0 bridgehead atoms. The van der Waals surface area contributed by atoms with Crippen molar-refractivity contribution in [2.75, 3.05) is 20.6 Å². The monoisotopic (exact) mass is 332 g/mol. The van der Waals surface area contributed by atoms with Gasteiger partial charge in [0.05, 0.1) is 4.90 Å². The van der Waals surface area contributed by atoms with Crippen molar-refractivity contribution in [3.05, 3.63) is 65.7 Å². The Morgan fingerprint density at radius 3 is 2.17 bits per heavy atom. The summed E-state index contributed by atoms with van der Waals surface area (Å²) < 4.78 is 27.5. The van der Waals surface area contributed by atoms with Crippen molar-refractivity contribution in [2.24, 2.45) is 0 Å². The molecular formula is C18H24N2O2S. The van der Waals surface area contributed by atoms with Gasteiger partial charge in [-0.2, -0.15) is 0 Å². The van der Waals surface area contributed by atoms with Crippen LogP contribution in [0.25, 0.3) is 0 Å². The molecule has 0 saturated heterocycles. The highest BCUT2D eigenvalue weighted by atomic mass is 32.2. The quantitative estimate of drug-likeness (QED) is 0.847. The lowest BCUT2D eigenvalue weighted by atomic mass is 10.1. The zero-order valence-electron chi connectivity index (χ0n) is 13.9. The van der Waals surface area contributed by atoms with E-state index in [-0.39, 0.29) is 6.04 Å². The molecule has 5 heteroatoms. The fraction of sp³-hybridized carbons (Fsp3) is 0.333. The Bertz CT molecular complexity index is 710. The first kappa shape index (κ1) is 17.7. The van der Waals surface area contributed by atoms with Gasteiger partial charge in [-0.25, -0.2) is 13.1 Å². The van der Waals surface area contributed by atoms with Gasteiger partial charge in [0.25, 0.3) is 0 Å². The van der Waals surface area contributed by atoms with Crippen molar-refractivity contribution in [1.82, 2.24) is 9.62 Å². The third kappa shape index (κ3) is 5.16. The molecule has 0 heterocycles. The second kappa shape index (κ2) is 7.73. The van der Waals surface area contributed by atoms with E-state index in [1.165, 1.54) is 5.56 Å². The van der Waals surface area contributed by atoms with Crippen molar-refractivity contribution in [2.45, 2.75) is 24.3 Å². The Hall–Kier alpha value is -1.69. The van der Waals surface area contributed by atoms with Crippen molar-refractivity contribution >= 4 is 10.0 Å². The molecule has 0 spiro atoms. The third-order valence-electron chi connectivity index (χ3n) is 3.88. The number of hydrogen-bond acceptors (Lipinski definition) is 3. The molecule has 2 aromatic rings. The standard InChI is InChI=1S/C18H24N2O2S/c1-15-9-11-18(12-10-15)23(21,22)19-14-17(20(2)3)13-16-7-5-4-6-8-16/h4-12,17,19H,13-14H2,1-3H3. The highest BCUT2D eigenvalue weighted by molar-refractivity contribution is 7.89. The molecule has 2 rings (SSSR count). The molecule has 1 N–H and O–H groups in total. The van der Waals surface area contributed by atoms with Crippen molar-refractivity contribution in [3.8, 4) is 0 Å². The number of sulfonamides is 1. The van der Waals surface area contributed by atoms with Crippen LogP contribution in [0.5, 0.6) is 0 Å². The van der Waals surface area contributed by atoms with Gasteiger partial charge in [0.2, 0.25) is 10.0 Å². The summed E-state index contributed by atoms with van der Waals surface area (Å²) in [5.41, 5.74) is 2.24. The van der Waals surface area contributed by atoms with Gasteiger partial charge in [0, 0.05) is 12.6 Å². The molecule has 124 valence electrons. The minimum Gasteiger partial charge on any atom is -0.305 e. The van der Waals surface area contributed by atoms with Crippen LogP contribution in [-0.4, -0.2) is 40.0 Å². The summed E-state index contributed by atoms with van der Waals surface area (Å²) in [5.74, 6) is 0. The highest BCUT2D eigenvalue weighted by Crippen LogP contribution is 2.11. The summed E-state index contributed by atoms with van der Waals surface area (Å²) in [6, 6.07) is 17.1. The van der Waals surface area contributed by atoms with E-state index in [9.17, 15) is 8.42 Å². The van der Waals surface area contributed by atoms with Gasteiger partial charge in [-0.1, -0.05) is 48.0 Å². The maximum Gasteiger partial charge on any atom is 0.240 e. The minimum atomic E-state index is -3.47. The molecule has 0 radical (unpaired) electrons.